The Morgan fingerprint density at radius 1 is 1.03 bits per heavy atom. The Hall–Kier alpha value is -2.65. The maximum Gasteiger partial charge on any atom is 0.276 e. The van der Waals surface area contributed by atoms with Crippen molar-refractivity contribution in [2.24, 2.45) is 0 Å². The summed E-state index contributed by atoms with van der Waals surface area (Å²) in [5, 5.41) is 2.48. The van der Waals surface area contributed by atoms with Gasteiger partial charge >= 0.3 is 0 Å². The third-order valence-electron chi connectivity index (χ3n) is 4.01. The molecule has 0 radical (unpaired) electrons. The zero-order valence-corrected chi connectivity index (χ0v) is 19.6. The summed E-state index contributed by atoms with van der Waals surface area (Å²) < 4.78 is 11.3. The second-order valence-corrected chi connectivity index (χ2v) is 8.63. The highest BCUT2D eigenvalue weighted by molar-refractivity contribution is 9.10. The SMILES string of the molecule is COc1ccc(OCC(=O)NNC(=S)NC(=O)c2ccc(C(C)(C)C)c(Br)c2)cc1. The van der Waals surface area contributed by atoms with Crippen LogP contribution in [0, 0.1) is 0 Å². The van der Waals surface area contributed by atoms with Crippen LogP contribution in [-0.2, 0) is 10.2 Å². The second kappa shape index (κ2) is 10.4. The number of ether oxygens (including phenoxy) is 2. The summed E-state index contributed by atoms with van der Waals surface area (Å²) in [6.07, 6.45) is 0. The summed E-state index contributed by atoms with van der Waals surface area (Å²) in [6.45, 7) is 6.05. The molecule has 0 aliphatic carbocycles. The van der Waals surface area contributed by atoms with E-state index in [2.05, 4.69) is 52.9 Å². The van der Waals surface area contributed by atoms with Crippen LogP contribution in [0.2, 0.25) is 0 Å². The Bertz CT molecular complexity index is 927. The van der Waals surface area contributed by atoms with Gasteiger partial charge in [-0.15, -0.1) is 0 Å². The molecule has 0 unspecified atom stereocenters. The normalized spacial score (nSPS) is 10.7. The zero-order chi connectivity index (χ0) is 22.3. The zero-order valence-electron chi connectivity index (χ0n) is 17.2. The minimum absolute atomic E-state index is 0.0335. The topological polar surface area (TPSA) is 88.7 Å². The molecule has 0 fully saturated rings. The monoisotopic (exact) mass is 493 g/mol. The fraction of sp³-hybridized carbons (Fsp3) is 0.286. The number of halogens is 1. The first kappa shape index (κ1) is 23.6. The Morgan fingerprint density at radius 3 is 2.23 bits per heavy atom. The van der Waals surface area contributed by atoms with Gasteiger partial charge in [0.15, 0.2) is 11.7 Å². The third-order valence-corrected chi connectivity index (χ3v) is 4.87. The van der Waals surface area contributed by atoms with Crippen molar-refractivity contribution in [1.29, 1.82) is 0 Å². The van der Waals surface area contributed by atoms with E-state index in [1.54, 1.807) is 43.5 Å². The molecule has 9 heteroatoms. The molecule has 2 amide bonds. The molecule has 0 atom stereocenters. The number of carbonyl (C=O) groups excluding carboxylic acids is 2. The number of hydrazine groups is 1. The van der Waals surface area contributed by atoms with Crippen molar-refractivity contribution in [3.05, 3.63) is 58.1 Å². The lowest BCUT2D eigenvalue weighted by atomic mass is 9.86. The number of amides is 2. The van der Waals surface area contributed by atoms with Gasteiger partial charge in [-0.25, -0.2) is 0 Å². The van der Waals surface area contributed by atoms with Crippen LogP contribution < -0.4 is 25.6 Å². The molecule has 2 aromatic rings. The van der Waals surface area contributed by atoms with Crippen molar-refractivity contribution in [1.82, 2.24) is 16.2 Å². The van der Waals surface area contributed by atoms with Crippen LogP contribution in [0.5, 0.6) is 11.5 Å². The Balaban J connectivity index is 1.80. The molecule has 2 aromatic carbocycles. The van der Waals surface area contributed by atoms with Crippen LogP contribution in [0.1, 0.15) is 36.7 Å². The number of carbonyl (C=O) groups is 2. The van der Waals surface area contributed by atoms with E-state index >= 15 is 0 Å². The molecule has 160 valence electrons. The highest BCUT2D eigenvalue weighted by Crippen LogP contribution is 2.30. The molecule has 0 bridgehead atoms. The first-order chi connectivity index (χ1) is 14.1. The standard InChI is InChI=1S/C21H24BrN3O4S/c1-21(2,3)16-10-5-13(11-17(16)22)19(27)23-20(30)25-24-18(26)12-29-15-8-6-14(28-4)7-9-15/h5-11H,12H2,1-4H3,(H,24,26)(H2,23,25,27,30). The Morgan fingerprint density at radius 2 is 1.67 bits per heavy atom. The predicted octanol–water partition coefficient (Wildman–Crippen LogP) is 3.47. The van der Waals surface area contributed by atoms with E-state index in [9.17, 15) is 9.59 Å². The van der Waals surface area contributed by atoms with E-state index in [0.717, 1.165) is 10.0 Å². The molecule has 0 saturated heterocycles. The van der Waals surface area contributed by atoms with Gasteiger partial charge < -0.3 is 9.47 Å². The van der Waals surface area contributed by atoms with Gasteiger partial charge in [0, 0.05) is 10.0 Å². The van der Waals surface area contributed by atoms with Crippen molar-refractivity contribution in [2.45, 2.75) is 26.2 Å². The summed E-state index contributed by atoms with van der Waals surface area (Å²) >= 11 is 8.55. The number of benzene rings is 2. The van der Waals surface area contributed by atoms with Crippen molar-refractivity contribution >= 4 is 45.1 Å². The van der Waals surface area contributed by atoms with Gasteiger partial charge in [-0.3, -0.25) is 25.8 Å². The molecular weight excluding hydrogens is 470 g/mol. The fourth-order valence-electron chi connectivity index (χ4n) is 2.45. The van der Waals surface area contributed by atoms with Crippen molar-refractivity contribution in [3.63, 3.8) is 0 Å². The quantitative estimate of drug-likeness (QED) is 0.436. The fourth-order valence-corrected chi connectivity index (χ4v) is 3.57. The van der Waals surface area contributed by atoms with Crippen LogP contribution in [0.25, 0.3) is 0 Å². The molecule has 7 nitrogen and oxygen atoms in total. The minimum atomic E-state index is -0.459. The first-order valence-electron chi connectivity index (χ1n) is 9.07. The van der Waals surface area contributed by atoms with Gasteiger partial charge in [0.2, 0.25) is 0 Å². The van der Waals surface area contributed by atoms with Crippen molar-refractivity contribution in [2.75, 3.05) is 13.7 Å². The van der Waals surface area contributed by atoms with E-state index in [4.69, 9.17) is 21.7 Å². The summed E-state index contributed by atoms with van der Waals surface area (Å²) in [6, 6.07) is 12.2. The van der Waals surface area contributed by atoms with Crippen LogP contribution in [-0.4, -0.2) is 30.6 Å². The van der Waals surface area contributed by atoms with Gasteiger partial charge in [-0.1, -0.05) is 42.8 Å². The van der Waals surface area contributed by atoms with Gasteiger partial charge in [-0.05, 0) is 59.6 Å². The van der Waals surface area contributed by atoms with Gasteiger partial charge in [0.05, 0.1) is 7.11 Å². The number of nitrogens with one attached hydrogen (secondary N) is 3. The molecule has 0 spiro atoms. The lowest BCUT2D eigenvalue weighted by Gasteiger charge is -2.21. The van der Waals surface area contributed by atoms with E-state index in [-0.39, 0.29) is 17.1 Å². The smallest absolute Gasteiger partial charge is 0.276 e. The van der Waals surface area contributed by atoms with Gasteiger partial charge in [-0.2, -0.15) is 0 Å². The minimum Gasteiger partial charge on any atom is -0.497 e. The number of methoxy groups -OCH3 is 1. The first-order valence-corrected chi connectivity index (χ1v) is 10.3. The van der Waals surface area contributed by atoms with E-state index in [0.29, 0.717) is 17.1 Å². The van der Waals surface area contributed by atoms with E-state index in [1.807, 2.05) is 6.07 Å². The highest BCUT2D eigenvalue weighted by atomic mass is 79.9. The average molecular weight is 494 g/mol. The second-order valence-electron chi connectivity index (χ2n) is 7.37. The van der Waals surface area contributed by atoms with Crippen LogP contribution in [0.4, 0.5) is 0 Å². The molecule has 30 heavy (non-hydrogen) atoms. The molecule has 0 aliphatic rings. The molecular formula is C21H24BrN3O4S. The maximum absolute atomic E-state index is 12.4. The molecule has 0 saturated carbocycles. The third kappa shape index (κ3) is 7.00. The van der Waals surface area contributed by atoms with Gasteiger partial charge in [0.25, 0.3) is 11.8 Å². The highest BCUT2D eigenvalue weighted by Gasteiger charge is 2.18. The number of hydrogen-bond acceptors (Lipinski definition) is 5. The van der Waals surface area contributed by atoms with E-state index < -0.39 is 11.8 Å². The van der Waals surface area contributed by atoms with Crippen molar-refractivity contribution in [3.8, 4) is 11.5 Å². The average Bonchev–Trinajstić information content (AvgIpc) is 2.70. The Kier molecular flexibility index (Phi) is 8.19. The Labute approximate surface area is 189 Å². The summed E-state index contributed by atoms with van der Waals surface area (Å²) in [7, 11) is 1.57. The maximum atomic E-state index is 12.4. The van der Waals surface area contributed by atoms with Crippen LogP contribution in [0.15, 0.2) is 46.9 Å². The molecule has 0 heterocycles. The number of thiocarbonyl (C=S) groups is 1. The molecule has 0 aromatic heterocycles. The summed E-state index contributed by atoms with van der Waals surface area (Å²) in [4.78, 5) is 24.2. The summed E-state index contributed by atoms with van der Waals surface area (Å²) in [5.74, 6) is 0.359. The largest absolute Gasteiger partial charge is 0.497 e. The van der Waals surface area contributed by atoms with Crippen LogP contribution >= 0.6 is 28.1 Å². The lowest BCUT2D eigenvalue weighted by Crippen LogP contribution is -2.49. The predicted molar refractivity (Wildman–Crippen MR) is 123 cm³/mol. The number of rotatable bonds is 5. The summed E-state index contributed by atoms with van der Waals surface area (Å²) in [5.41, 5.74) is 6.32. The van der Waals surface area contributed by atoms with Crippen molar-refractivity contribution < 1.29 is 19.1 Å². The molecule has 0 aliphatic heterocycles. The molecule has 3 N–H and O–H groups in total. The number of hydrogen-bond donors (Lipinski definition) is 3. The lowest BCUT2D eigenvalue weighted by molar-refractivity contribution is -0.123. The van der Waals surface area contributed by atoms with Gasteiger partial charge in [0.1, 0.15) is 11.5 Å². The van der Waals surface area contributed by atoms with E-state index in [1.165, 1.54) is 0 Å². The van der Waals surface area contributed by atoms with Crippen LogP contribution in [0.3, 0.4) is 0 Å². The molecule has 2 rings (SSSR count).